The maximum Gasteiger partial charge on any atom is 0.280 e. The monoisotopic (exact) mass is 191 g/mol. The van der Waals surface area contributed by atoms with Crippen LogP contribution in [0.5, 0.6) is 0 Å². The smallest absolute Gasteiger partial charge is 0.280 e. The number of fused-ring (bicyclic) bond motifs is 1. The van der Waals surface area contributed by atoms with Crippen LogP contribution in [0.25, 0.3) is 0 Å². The second-order valence-electron chi connectivity index (χ2n) is 2.93. The van der Waals surface area contributed by atoms with Crippen LogP contribution in [0.15, 0.2) is 22.1 Å². The van der Waals surface area contributed by atoms with Gasteiger partial charge >= 0.3 is 0 Å². The second-order valence-corrected chi connectivity index (χ2v) is 2.93. The lowest BCUT2D eigenvalue weighted by molar-refractivity contribution is 1.03. The standard InChI is InChI=1S/C8H9N5O/c1-4-3-10-5-6(13(4)2)11-8(9)12-7(5)14/h3H,1H2,2H3,(H3,9,11,12,14). The van der Waals surface area contributed by atoms with E-state index in [1.165, 1.54) is 6.21 Å². The van der Waals surface area contributed by atoms with E-state index in [4.69, 9.17) is 5.73 Å². The van der Waals surface area contributed by atoms with Gasteiger partial charge in [0.1, 0.15) is 0 Å². The number of aromatic amines is 1. The normalized spacial score (nSPS) is 14.4. The van der Waals surface area contributed by atoms with Crippen LogP contribution < -0.4 is 16.2 Å². The number of allylic oxidation sites excluding steroid dienone is 1. The molecule has 0 radical (unpaired) electrons. The van der Waals surface area contributed by atoms with Crippen molar-refractivity contribution in [2.75, 3.05) is 17.7 Å². The van der Waals surface area contributed by atoms with Crippen LogP contribution in [0.1, 0.15) is 0 Å². The van der Waals surface area contributed by atoms with Crippen molar-refractivity contribution in [3.05, 3.63) is 22.6 Å². The summed E-state index contributed by atoms with van der Waals surface area (Å²) in [5, 5.41) is 0. The van der Waals surface area contributed by atoms with Crippen LogP contribution in [0, 0.1) is 0 Å². The first-order chi connectivity index (χ1) is 6.59. The Bertz CT molecular complexity index is 487. The number of anilines is 2. The minimum absolute atomic E-state index is 0.0745. The zero-order chi connectivity index (χ0) is 10.3. The number of hydrogen-bond donors (Lipinski definition) is 2. The number of nitrogens with two attached hydrogens (primary N) is 1. The van der Waals surface area contributed by atoms with Gasteiger partial charge in [0.05, 0.1) is 11.9 Å². The molecule has 6 nitrogen and oxygen atoms in total. The molecular weight excluding hydrogens is 182 g/mol. The van der Waals surface area contributed by atoms with Crippen molar-refractivity contribution in [3.63, 3.8) is 0 Å². The Hall–Kier alpha value is -2.11. The van der Waals surface area contributed by atoms with Crippen LogP contribution in [0.3, 0.4) is 0 Å². The Morgan fingerprint density at radius 1 is 1.64 bits per heavy atom. The zero-order valence-electron chi connectivity index (χ0n) is 7.61. The van der Waals surface area contributed by atoms with Crippen LogP contribution in [0.2, 0.25) is 0 Å². The van der Waals surface area contributed by atoms with Crippen LogP contribution in [0.4, 0.5) is 17.5 Å². The fraction of sp³-hybridized carbons (Fsp3) is 0.125. The average Bonchev–Trinajstić information content (AvgIpc) is 2.12. The van der Waals surface area contributed by atoms with Crippen molar-refractivity contribution in [2.24, 2.45) is 4.99 Å². The van der Waals surface area contributed by atoms with Crippen molar-refractivity contribution in [3.8, 4) is 0 Å². The first-order valence-corrected chi connectivity index (χ1v) is 3.96. The molecule has 1 aliphatic heterocycles. The van der Waals surface area contributed by atoms with E-state index in [0.717, 1.165) is 0 Å². The minimum Gasteiger partial charge on any atom is -0.369 e. The molecule has 0 aliphatic carbocycles. The summed E-state index contributed by atoms with van der Waals surface area (Å²) < 4.78 is 0. The number of rotatable bonds is 0. The zero-order valence-corrected chi connectivity index (χ0v) is 7.61. The summed E-state index contributed by atoms with van der Waals surface area (Å²) in [6.07, 6.45) is 1.51. The van der Waals surface area contributed by atoms with Crippen molar-refractivity contribution in [1.29, 1.82) is 0 Å². The molecular formula is C8H9N5O. The van der Waals surface area contributed by atoms with Gasteiger partial charge in [-0.1, -0.05) is 6.58 Å². The van der Waals surface area contributed by atoms with E-state index in [-0.39, 0.29) is 17.2 Å². The molecule has 72 valence electrons. The third-order valence-electron chi connectivity index (χ3n) is 1.99. The summed E-state index contributed by atoms with van der Waals surface area (Å²) in [6.45, 7) is 3.74. The van der Waals surface area contributed by atoms with E-state index >= 15 is 0 Å². The number of nitrogens with one attached hydrogen (secondary N) is 1. The Morgan fingerprint density at radius 3 is 3.07 bits per heavy atom. The van der Waals surface area contributed by atoms with Gasteiger partial charge in [0.25, 0.3) is 5.56 Å². The molecule has 3 N–H and O–H groups in total. The highest BCUT2D eigenvalue weighted by Gasteiger charge is 2.18. The van der Waals surface area contributed by atoms with Crippen molar-refractivity contribution in [2.45, 2.75) is 0 Å². The quantitative estimate of drug-likeness (QED) is 0.605. The third-order valence-corrected chi connectivity index (χ3v) is 1.99. The average molecular weight is 191 g/mol. The van der Waals surface area contributed by atoms with Crippen molar-refractivity contribution >= 4 is 23.7 Å². The highest BCUT2D eigenvalue weighted by molar-refractivity contribution is 5.91. The van der Waals surface area contributed by atoms with Crippen LogP contribution >= 0.6 is 0 Å². The number of aliphatic imine (C=N–C) groups is 1. The lowest BCUT2D eigenvalue weighted by atomic mass is 10.3. The molecule has 1 aromatic rings. The first-order valence-electron chi connectivity index (χ1n) is 3.96. The Morgan fingerprint density at radius 2 is 2.36 bits per heavy atom. The molecule has 6 heteroatoms. The molecule has 1 aromatic heterocycles. The molecule has 0 atom stereocenters. The molecule has 1 aliphatic rings. The molecule has 14 heavy (non-hydrogen) atoms. The largest absolute Gasteiger partial charge is 0.369 e. The highest BCUT2D eigenvalue weighted by Crippen LogP contribution is 2.26. The molecule has 2 rings (SSSR count). The van der Waals surface area contributed by atoms with E-state index in [2.05, 4.69) is 21.5 Å². The van der Waals surface area contributed by atoms with E-state index in [1.54, 1.807) is 11.9 Å². The van der Waals surface area contributed by atoms with E-state index < -0.39 is 0 Å². The van der Waals surface area contributed by atoms with Gasteiger partial charge in [-0.05, 0) is 0 Å². The van der Waals surface area contributed by atoms with Gasteiger partial charge in [0.15, 0.2) is 11.5 Å². The van der Waals surface area contributed by atoms with Crippen LogP contribution in [-0.2, 0) is 0 Å². The van der Waals surface area contributed by atoms with Gasteiger partial charge in [-0.3, -0.25) is 9.78 Å². The molecule has 0 amide bonds. The Kier molecular flexibility index (Phi) is 1.63. The summed E-state index contributed by atoms with van der Waals surface area (Å²) in [5.41, 5.74) is 5.99. The second kappa shape index (κ2) is 2.69. The number of nitrogen functional groups attached to an aromatic ring is 1. The fourth-order valence-electron chi connectivity index (χ4n) is 1.18. The molecule has 0 aromatic carbocycles. The van der Waals surface area contributed by atoms with Crippen molar-refractivity contribution < 1.29 is 0 Å². The SMILES string of the molecule is C=C1C=Nc2c(nc(N)[nH]c2=O)N1C. The lowest BCUT2D eigenvalue weighted by Crippen LogP contribution is -2.25. The maximum absolute atomic E-state index is 11.4. The molecule has 0 fully saturated rings. The summed E-state index contributed by atoms with van der Waals surface area (Å²) in [7, 11) is 1.75. The lowest BCUT2D eigenvalue weighted by Gasteiger charge is -2.22. The number of hydrogen-bond acceptors (Lipinski definition) is 5. The van der Waals surface area contributed by atoms with Crippen LogP contribution in [-0.4, -0.2) is 23.2 Å². The van der Waals surface area contributed by atoms with E-state index in [9.17, 15) is 4.79 Å². The van der Waals surface area contributed by atoms with Gasteiger partial charge in [-0.15, -0.1) is 0 Å². The Labute approximate surface area is 79.8 Å². The maximum atomic E-state index is 11.4. The van der Waals surface area contributed by atoms with Gasteiger partial charge in [-0.2, -0.15) is 4.98 Å². The van der Waals surface area contributed by atoms with Gasteiger partial charge in [0, 0.05) is 7.05 Å². The molecule has 0 spiro atoms. The van der Waals surface area contributed by atoms with E-state index in [1.807, 2.05) is 0 Å². The molecule has 2 heterocycles. The fourth-order valence-corrected chi connectivity index (χ4v) is 1.18. The van der Waals surface area contributed by atoms with Gasteiger partial charge in [0.2, 0.25) is 5.95 Å². The summed E-state index contributed by atoms with van der Waals surface area (Å²) in [5.74, 6) is 0.504. The third kappa shape index (κ3) is 1.08. The molecule has 0 bridgehead atoms. The predicted molar refractivity (Wildman–Crippen MR) is 55.0 cm³/mol. The van der Waals surface area contributed by atoms with Crippen molar-refractivity contribution in [1.82, 2.24) is 9.97 Å². The summed E-state index contributed by atoms with van der Waals surface area (Å²) >= 11 is 0. The summed E-state index contributed by atoms with van der Waals surface area (Å²) in [4.78, 5) is 23.3. The van der Waals surface area contributed by atoms with E-state index in [0.29, 0.717) is 11.5 Å². The van der Waals surface area contributed by atoms with Gasteiger partial charge in [-0.25, -0.2) is 4.99 Å². The molecule has 0 unspecified atom stereocenters. The highest BCUT2D eigenvalue weighted by atomic mass is 16.1. The number of aromatic nitrogens is 2. The number of H-pyrrole nitrogens is 1. The predicted octanol–water partition coefficient (Wildman–Crippen LogP) is 0.0179. The molecule has 0 saturated heterocycles. The first kappa shape index (κ1) is 8.49. The topological polar surface area (TPSA) is 87.4 Å². The Balaban J connectivity index is 2.74. The summed E-state index contributed by atoms with van der Waals surface area (Å²) in [6, 6.07) is 0. The minimum atomic E-state index is -0.344. The number of nitrogens with zero attached hydrogens (tertiary/aromatic N) is 3. The van der Waals surface area contributed by atoms with Gasteiger partial charge < -0.3 is 10.6 Å². The molecule has 0 saturated carbocycles.